The largest absolute Gasteiger partial charge is 0.454 e. The van der Waals surface area contributed by atoms with Gasteiger partial charge in [-0.15, -0.1) is 0 Å². The lowest BCUT2D eigenvalue weighted by molar-refractivity contribution is -0.334. The Bertz CT molecular complexity index is 1220. The van der Waals surface area contributed by atoms with Crippen LogP contribution in [0.2, 0.25) is 0 Å². The molecule has 10 nitrogen and oxygen atoms in total. The third kappa shape index (κ3) is 5.44. The van der Waals surface area contributed by atoms with Gasteiger partial charge in [0.25, 0.3) is 0 Å². The molecule has 6 rings (SSSR count). The second-order valence-electron chi connectivity index (χ2n) is 18.8. The minimum Gasteiger partial charge on any atom is -0.454 e. The minimum absolute atomic E-state index is 0.0513. The molecule has 10 heteroatoms. The minimum atomic E-state index is -1.46. The number of hydrogen-bond donors (Lipinski definition) is 5. The normalized spacial score (nSPS) is 53.5. The first-order valence-corrected chi connectivity index (χ1v) is 18.7. The van der Waals surface area contributed by atoms with Crippen molar-refractivity contribution in [2.45, 2.75) is 180 Å². The van der Waals surface area contributed by atoms with Gasteiger partial charge in [-0.3, -0.25) is 4.79 Å². The molecule has 2 heterocycles. The molecule has 0 amide bonds. The Morgan fingerprint density at radius 3 is 2.15 bits per heavy atom. The molecule has 6 fully saturated rings. The van der Waals surface area contributed by atoms with Crippen LogP contribution >= 0.6 is 0 Å². The van der Waals surface area contributed by atoms with Crippen molar-refractivity contribution in [3.63, 3.8) is 0 Å². The predicted octanol–water partition coefficient (Wildman–Crippen LogP) is 4.11. The fourth-order valence-corrected chi connectivity index (χ4v) is 13.0. The smallest absolute Gasteiger partial charge is 0.303 e. The summed E-state index contributed by atoms with van der Waals surface area (Å²) in [5.41, 5.74) is -1.69. The maximum atomic E-state index is 12.3. The van der Waals surface area contributed by atoms with Gasteiger partial charge >= 0.3 is 5.97 Å². The van der Waals surface area contributed by atoms with Crippen molar-refractivity contribution >= 4 is 5.97 Å². The number of esters is 1. The highest BCUT2D eigenvalue weighted by Gasteiger charge is 2.72. The summed E-state index contributed by atoms with van der Waals surface area (Å²) in [7, 11) is 0. The number of ether oxygens (including phenoxy) is 4. The van der Waals surface area contributed by atoms with E-state index < -0.39 is 55.0 Å². The van der Waals surface area contributed by atoms with Crippen molar-refractivity contribution in [3.8, 4) is 0 Å². The number of carbonyl (C=O) groups is 1. The topological polar surface area (TPSA) is 155 Å². The zero-order valence-electron chi connectivity index (χ0n) is 30.8. The van der Waals surface area contributed by atoms with E-state index >= 15 is 0 Å². The SMILES string of the molecule is CC(=O)O[C@H]1[C@H](O[C@H]2CC[C@@]3(C)[C@H](CC[C@]4(C)[C@@H]3[C@H](O)C[C@@H]3[C@@H]([C@]5(C)CC[C@H](C(C)(C)O)O5)CC[C@]34C)C2(C)C)O[C@H](CO)[C@@H](O)[C@@H]1O. The average Bonchev–Trinajstić information content (AvgIpc) is 3.55. The Balaban J connectivity index is 1.24. The van der Waals surface area contributed by atoms with Gasteiger partial charge in [0, 0.05) is 6.92 Å². The van der Waals surface area contributed by atoms with Crippen LogP contribution in [0.25, 0.3) is 0 Å². The Labute approximate surface area is 287 Å². The number of aliphatic hydroxyl groups is 5. The van der Waals surface area contributed by atoms with Gasteiger partial charge in [-0.25, -0.2) is 0 Å². The Morgan fingerprint density at radius 2 is 1.54 bits per heavy atom. The van der Waals surface area contributed by atoms with Crippen LogP contribution in [0.4, 0.5) is 0 Å². The van der Waals surface area contributed by atoms with Gasteiger partial charge in [0.15, 0.2) is 12.4 Å². The fraction of sp³-hybridized carbons (Fsp3) is 0.974. The second kappa shape index (κ2) is 12.1. The summed E-state index contributed by atoms with van der Waals surface area (Å²) in [4.78, 5) is 12.0. The van der Waals surface area contributed by atoms with E-state index in [1.165, 1.54) is 6.92 Å². The standard InChI is InChI=1S/C38H64O10/c1-20(40)45-30-29(43)28(42)24(19-39)46-32(30)47-26-12-14-35(6)25(33(26,2)3)11-16-37(8)31(35)23(41)18-22-21(10-15-36(22,37)7)38(9)17-13-27(48-38)34(4,5)44/h21-32,39,41-44H,10-19H2,1-9H3/t21-,22+,23+,24+,25+,26-,27+,28+,29-,30+,31+,32-,35-,36+,37+,38-/m0/s1. The highest BCUT2D eigenvalue weighted by Crippen LogP contribution is 2.76. The molecule has 48 heavy (non-hydrogen) atoms. The third-order valence-corrected chi connectivity index (χ3v) is 15.6. The fourth-order valence-electron chi connectivity index (χ4n) is 13.0. The van der Waals surface area contributed by atoms with Crippen molar-refractivity contribution in [1.82, 2.24) is 0 Å². The maximum absolute atomic E-state index is 12.3. The first-order valence-electron chi connectivity index (χ1n) is 18.7. The van der Waals surface area contributed by atoms with E-state index in [4.69, 9.17) is 18.9 Å². The quantitative estimate of drug-likeness (QED) is 0.205. The molecular weight excluding hydrogens is 616 g/mol. The first-order chi connectivity index (χ1) is 22.1. The number of aliphatic hydroxyl groups excluding tert-OH is 4. The van der Waals surface area contributed by atoms with E-state index in [-0.39, 0.29) is 51.3 Å². The number of carbonyl (C=O) groups excluding carboxylic acids is 1. The van der Waals surface area contributed by atoms with Gasteiger partial charge < -0.3 is 44.5 Å². The molecule has 276 valence electrons. The molecule has 0 aromatic carbocycles. The third-order valence-electron chi connectivity index (χ3n) is 15.6. The van der Waals surface area contributed by atoms with Crippen LogP contribution < -0.4 is 0 Å². The van der Waals surface area contributed by atoms with Crippen molar-refractivity contribution in [1.29, 1.82) is 0 Å². The molecule has 2 saturated heterocycles. The monoisotopic (exact) mass is 680 g/mol. The van der Waals surface area contributed by atoms with Crippen molar-refractivity contribution in [2.24, 2.45) is 45.3 Å². The predicted molar refractivity (Wildman–Crippen MR) is 177 cm³/mol. The highest BCUT2D eigenvalue weighted by atomic mass is 16.7. The molecule has 2 aliphatic heterocycles. The highest BCUT2D eigenvalue weighted by molar-refractivity contribution is 5.66. The van der Waals surface area contributed by atoms with Crippen LogP contribution in [-0.2, 0) is 23.7 Å². The van der Waals surface area contributed by atoms with Gasteiger partial charge in [0.2, 0.25) is 0 Å². The molecule has 0 radical (unpaired) electrons. The lowest BCUT2D eigenvalue weighted by Gasteiger charge is -2.71. The number of fused-ring (bicyclic) bond motifs is 5. The van der Waals surface area contributed by atoms with Crippen molar-refractivity contribution in [2.75, 3.05) is 6.61 Å². The van der Waals surface area contributed by atoms with E-state index in [0.717, 1.165) is 51.4 Å². The summed E-state index contributed by atoms with van der Waals surface area (Å²) in [5.74, 6) is 0.407. The van der Waals surface area contributed by atoms with Gasteiger partial charge in [0.05, 0.1) is 36.1 Å². The van der Waals surface area contributed by atoms with Gasteiger partial charge in [-0.05, 0) is 124 Å². The molecule has 0 bridgehead atoms. The Hall–Kier alpha value is -0.850. The summed E-state index contributed by atoms with van der Waals surface area (Å²) in [6.45, 7) is 18.5. The van der Waals surface area contributed by atoms with E-state index in [2.05, 4.69) is 41.5 Å². The summed E-state index contributed by atoms with van der Waals surface area (Å²) in [6.07, 6.45) is 1.05. The second-order valence-corrected chi connectivity index (χ2v) is 18.8. The Kier molecular flexibility index (Phi) is 9.31. The molecule has 0 aromatic heterocycles. The molecule has 0 spiro atoms. The van der Waals surface area contributed by atoms with Crippen LogP contribution in [0.15, 0.2) is 0 Å². The van der Waals surface area contributed by atoms with E-state index in [1.54, 1.807) is 0 Å². The maximum Gasteiger partial charge on any atom is 0.303 e. The van der Waals surface area contributed by atoms with Gasteiger partial charge in [0.1, 0.15) is 18.3 Å². The average molecular weight is 681 g/mol. The number of rotatable bonds is 6. The first kappa shape index (κ1) is 36.9. The van der Waals surface area contributed by atoms with Crippen molar-refractivity contribution in [3.05, 3.63) is 0 Å². The van der Waals surface area contributed by atoms with Gasteiger partial charge in [-0.2, -0.15) is 0 Å². The zero-order chi connectivity index (χ0) is 35.4. The molecule has 6 aliphatic rings. The van der Waals surface area contributed by atoms with Crippen molar-refractivity contribution < 1.29 is 49.3 Å². The van der Waals surface area contributed by atoms with Crippen LogP contribution in [0.3, 0.4) is 0 Å². The molecule has 0 aromatic rings. The van der Waals surface area contributed by atoms with Crippen LogP contribution in [0.5, 0.6) is 0 Å². The molecular formula is C38H64O10. The summed E-state index contributed by atoms with van der Waals surface area (Å²) in [6, 6.07) is 0. The zero-order valence-corrected chi connectivity index (χ0v) is 30.8. The molecule has 0 unspecified atom stereocenters. The number of hydrogen-bond acceptors (Lipinski definition) is 10. The van der Waals surface area contributed by atoms with E-state index in [0.29, 0.717) is 18.3 Å². The Morgan fingerprint density at radius 1 is 0.875 bits per heavy atom. The van der Waals surface area contributed by atoms with Gasteiger partial charge in [-0.1, -0.05) is 34.6 Å². The lowest BCUT2D eigenvalue weighted by atomic mass is 9.35. The van der Waals surface area contributed by atoms with Crippen LogP contribution in [0.1, 0.15) is 120 Å². The van der Waals surface area contributed by atoms with Crippen LogP contribution in [-0.4, -0.2) is 98.3 Å². The molecule has 4 saturated carbocycles. The lowest BCUT2D eigenvalue weighted by Crippen LogP contribution is -2.68. The molecule has 16 atom stereocenters. The molecule has 5 N–H and O–H groups in total. The summed E-state index contributed by atoms with van der Waals surface area (Å²) >= 11 is 0. The van der Waals surface area contributed by atoms with E-state index in [9.17, 15) is 30.3 Å². The van der Waals surface area contributed by atoms with Crippen LogP contribution in [0, 0.1) is 45.3 Å². The van der Waals surface area contributed by atoms with E-state index in [1.807, 2.05) is 13.8 Å². The summed E-state index contributed by atoms with van der Waals surface area (Å²) in [5, 5.41) is 54.3. The summed E-state index contributed by atoms with van der Waals surface area (Å²) < 4.78 is 24.7. The molecule has 4 aliphatic carbocycles.